The summed E-state index contributed by atoms with van der Waals surface area (Å²) in [6.07, 6.45) is 3.19. The first-order valence-corrected chi connectivity index (χ1v) is 8.65. The van der Waals surface area contributed by atoms with Gasteiger partial charge in [0.1, 0.15) is 5.15 Å². The molecule has 2 saturated heterocycles. The van der Waals surface area contributed by atoms with Gasteiger partial charge >= 0.3 is 0 Å². The zero-order valence-corrected chi connectivity index (χ0v) is 14.7. The lowest BCUT2D eigenvalue weighted by atomic mass is 9.86. The number of hydrogen-bond donors (Lipinski definition) is 0. The second-order valence-electron chi connectivity index (χ2n) is 6.66. The average Bonchev–Trinajstić information content (AvgIpc) is 2.80. The van der Waals surface area contributed by atoms with Crippen LogP contribution < -0.4 is 0 Å². The van der Waals surface area contributed by atoms with Gasteiger partial charge in [-0.2, -0.15) is 5.10 Å². The van der Waals surface area contributed by atoms with Crippen LogP contribution in [0.5, 0.6) is 0 Å². The van der Waals surface area contributed by atoms with Crippen molar-refractivity contribution < 1.29 is 4.74 Å². The molecule has 2 aliphatic rings. The standard InChI is InChI=1S/C16H27ClN4O/c1-4-14-13(15(17)20(3)18-14)11-21-8-7-19(2)16(12-21)5-9-22-10-6-16/h4-12H2,1-3H3. The van der Waals surface area contributed by atoms with Crippen LogP contribution in [-0.4, -0.2) is 65.0 Å². The summed E-state index contributed by atoms with van der Waals surface area (Å²) in [7, 11) is 4.19. The first-order chi connectivity index (χ1) is 10.6. The van der Waals surface area contributed by atoms with Gasteiger partial charge in [-0.3, -0.25) is 14.5 Å². The number of aryl methyl sites for hydroxylation is 2. The molecule has 0 aliphatic carbocycles. The molecule has 22 heavy (non-hydrogen) atoms. The Morgan fingerprint density at radius 2 is 1.95 bits per heavy atom. The highest BCUT2D eigenvalue weighted by Gasteiger charge is 2.41. The van der Waals surface area contributed by atoms with Crippen LogP contribution in [0.4, 0.5) is 0 Å². The lowest BCUT2D eigenvalue weighted by molar-refractivity contribution is -0.0625. The quantitative estimate of drug-likeness (QED) is 0.850. The van der Waals surface area contributed by atoms with Crippen LogP contribution in [0.2, 0.25) is 5.15 Å². The molecule has 1 aromatic heterocycles. The molecule has 1 aromatic rings. The first-order valence-electron chi connectivity index (χ1n) is 8.27. The Morgan fingerprint density at radius 1 is 1.23 bits per heavy atom. The molecule has 0 atom stereocenters. The summed E-state index contributed by atoms with van der Waals surface area (Å²) in [5, 5.41) is 5.33. The molecule has 1 spiro atoms. The predicted molar refractivity (Wildman–Crippen MR) is 88.3 cm³/mol. The van der Waals surface area contributed by atoms with Crippen LogP contribution in [0, 0.1) is 0 Å². The third-order valence-corrected chi connectivity index (χ3v) is 5.84. The largest absolute Gasteiger partial charge is 0.381 e. The van der Waals surface area contributed by atoms with Gasteiger partial charge in [-0.1, -0.05) is 18.5 Å². The minimum absolute atomic E-state index is 0.275. The molecule has 6 heteroatoms. The highest BCUT2D eigenvalue weighted by Crippen LogP contribution is 2.32. The monoisotopic (exact) mass is 326 g/mol. The van der Waals surface area contributed by atoms with Crippen LogP contribution in [0.25, 0.3) is 0 Å². The summed E-state index contributed by atoms with van der Waals surface area (Å²) >= 11 is 6.46. The number of halogens is 1. The van der Waals surface area contributed by atoms with Gasteiger partial charge in [0.05, 0.1) is 5.69 Å². The van der Waals surface area contributed by atoms with E-state index < -0.39 is 0 Å². The topological polar surface area (TPSA) is 33.5 Å². The zero-order chi connectivity index (χ0) is 15.7. The summed E-state index contributed by atoms with van der Waals surface area (Å²) < 4.78 is 7.38. The van der Waals surface area contributed by atoms with E-state index in [1.165, 1.54) is 5.56 Å². The molecule has 0 amide bonds. The van der Waals surface area contributed by atoms with Gasteiger partial charge < -0.3 is 4.74 Å². The Hall–Kier alpha value is -0.620. The van der Waals surface area contributed by atoms with Gasteiger partial charge in [0.25, 0.3) is 0 Å². The highest BCUT2D eigenvalue weighted by atomic mass is 35.5. The van der Waals surface area contributed by atoms with E-state index in [0.717, 1.165) is 69.5 Å². The fourth-order valence-corrected chi connectivity index (χ4v) is 4.04. The summed E-state index contributed by atoms with van der Waals surface area (Å²) in [6.45, 7) is 8.12. The third-order valence-electron chi connectivity index (χ3n) is 5.37. The van der Waals surface area contributed by atoms with Crippen molar-refractivity contribution in [3.8, 4) is 0 Å². The number of rotatable bonds is 3. The van der Waals surface area contributed by atoms with Crippen LogP contribution in [0.15, 0.2) is 0 Å². The number of aromatic nitrogens is 2. The molecule has 5 nitrogen and oxygen atoms in total. The van der Waals surface area contributed by atoms with Crippen molar-refractivity contribution in [3.05, 3.63) is 16.4 Å². The SMILES string of the molecule is CCc1nn(C)c(Cl)c1CN1CCN(C)C2(CCOCC2)C1. The van der Waals surface area contributed by atoms with Gasteiger partial charge in [0.2, 0.25) is 0 Å². The van der Waals surface area contributed by atoms with E-state index in [0.29, 0.717) is 0 Å². The van der Waals surface area contributed by atoms with E-state index in [9.17, 15) is 0 Å². The van der Waals surface area contributed by atoms with Crippen LogP contribution in [0.1, 0.15) is 31.0 Å². The molecule has 124 valence electrons. The molecule has 2 fully saturated rings. The van der Waals surface area contributed by atoms with E-state index in [1.54, 1.807) is 4.68 Å². The fourth-order valence-electron chi connectivity index (χ4n) is 3.83. The Morgan fingerprint density at radius 3 is 2.64 bits per heavy atom. The van der Waals surface area contributed by atoms with Crippen molar-refractivity contribution in [1.82, 2.24) is 19.6 Å². The number of likely N-dealkylation sites (N-methyl/N-ethyl adjacent to an activating group) is 1. The second-order valence-corrected chi connectivity index (χ2v) is 7.02. The molecule has 0 N–H and O–H groups in total. The molecule has 3 rings (SSSR count). The van der Waals surface area contributed by atoms with Crippen molar-refractivity contribution in [2.45, 2.75) is 38.3 Å². The van der Waals surface area contributed by atoms with Crippen LogP contribution >= 0.6 is 11.6 Å². The molecular formula is C16H27ClN4O. The minimum atomic E-state index is 0.275. The maximum absolute atomic E-state index is 6.46. The van der Waals surface area contributed by atoms with E-state index in [2.05, 4.69) is 28.9 Å². The second kappa shape index (κ2) is 6.48. The molecular weight excluding hydrogens is 300 g/mol. The normalized spacial score (nSPS) is 23.3. The van der Waals surface area contributed by atoms with Crippen LogP contribution in [0.3, 0.4) is 0 Å². The Labute approximate surface area is 138 Å². The first kappa shape index (κ1) is 16.2. The molecule has 3 heterocycles. The van der Waals surface area contributed by atoms with Gasteiger partial charge in [-0.15, -0.1) is 0 Å². The summed E-state index contributed by atoms with van der Waals surface area (Å²) in [6, 6.07) is 0. The molecule has 0 radical (unpaired) electrons. The summed E-state index contributed by atoms with van der Waals surface area (Å²) in [5.41, 5.74) is 2.61. The van der Waals surface area contributed by atoms with E-state index in [1.807, 2.05) is 7.05 Å². The van der Waals surface area contributed by atoms with Gasteiger partial charge in [-0.25, -0.2) is 0 Å². The van der Waals surface area contributed by atoms with E-state index in [-0.39, 0.29) is 5.54 Å². The van der Waals surface area contributed by atoms with Crippen LogP contribution in [-0.2, 0) is 24.8 Å². The molecule has 0 unspecified atom stereocenters. The van der Waals surface area contributed by atoms with E-state index >= 15 is 0 Å². The van der Waals surface area contributed by atoms with E-state index in [4.69, 9.17) is 16.3 Å². The van der Waals surface area contributed by atoms with Crippen molar-refractivity contribution in [1.29, 1.82) is 0 Å². The average molecular weight is 327 g/mol. The number of nitrogens with zero attached hydrogens (tertiary/aromatic N) is 4. The molecule has 0 bridgehead atoms. The third kappa shape index (κ3) is 2.92. The fraction of sp³-hybridized carbons (Fsp3) is 0.812. The van der Waals surface area contributed by atoms with Gasteiger partial charge in [0.15, 0.2) is 0 Å². The number of hydrogen-bond acceptors (Lipinski definition) is 4. The van der Waals surface area contributed by atoms with Gasteiger partial charge in [-0.05, 0) is 26.3 Å². The Bertz CT molecular complexity index is 524. The number of ether oxygens (including phenoxy) is 1. The number of piperazine rings is 1. The Kier molecular flexibility index (Phi) is 4.78. The summed E-state index contributed by atoms with van der Waals surface area (Å²) in [5.74, 6) is 0. The van der Waals surface area contributed by atoms with Crippen molar-refractivity contribution >= 4 is 11.6 Å². The summed E-state index contributed by atoms with van der Waals surface area (Å²) in [4.78, 5) is 5.09. The maximum atomic E-state index is 6.46. The minimum Gasteiger partial charge on any atom is -0.381 e. The molecule has 2 aliphatic heterocycles. The Balaban J connectivity index is 1.76. The highest BCUT2D eigenvalue weighted by molar-refractivity contribution is 6.30. The maximum Gasteiger partial charge on any atom is 0.131 e. The lowest BCUT2D eigenvalue weighted by Crippen LogP contribution is -2.62. The smallest absolute Gasteiger partial charge is 0.131 e. The van der Waals surface area contributed by atoms with Crippen molar-refractivity contribution in [2.24, 2.45) is 7.05 Å². The predicted octanol–water partition coefficient (Wildman–Crippen LogP) is 1.93. The lowest BCUT2D eigenvalue weighted by Gasteiger charge is -2.51. The zero-order valence-electron chi connectivity index (χ0n) is 13.9. The van der Waals surface area contributed by atoms with Crippen molar-refractivity contribution in [3.63, 3.8) is 0 Å². The molecule has 0 saturated carbocycles. The van der Waals surface area contributed by atoms with Crippen molar-refractivity contribution in [2.75, 3.05) is 39.9 Å². The van der Waals surface area contributed by atoms with Gasteiger partial charge in [0, 0.05) is 57.5 Å². The molecule has 0 aromatic carbocycles.